The van der Waals surface area contributed by atoms with Crippen LogP contribution in [0, 0.1) is 19.8 Å². The van der Waals surface area contributed by atoms with Crippen molar-refractivity contribution in [2.45, 2.75) is 53.1 Å². The summed E-state index contributed by atoms with van der Waals surface area (Å²) in [5, 5.41) is 0. The van der Waals surface area contributed by atoms with Crippen LogP contribution >= 0.6 is 0 Å². The van der Waals surface area contributed by atoms with Crippen molar-refractivity contribution in [3.8, 4) is 0 Å². The molecule has 2 aliphatic heterocycles. The minimum absolute atomic E-state index is 0.0906. The Kier molecular flexibility index (Phi) is 6.83. The van der Waals surface area contributed by atoms with Gasteiger partial charge in [-0.1, -0.05) is 24.3 Å². The van der Waals surface area contributed by atoms with E-state index < -0.39 is 0 Å². The zero-order chi connectivity index (χ0) is 24.5. The number of nitrogens with zero attached hydrogens (tertiary/aromatic N) is 5. The zero-order valence-electron chi connectivity index (χ0n) is 21.7. The zero-order valence-corrected chi connectivity index (χ0v) is 21.7. The fourth-order valence-electron chi connectivity index (χ4n) is 5.87. The van der Waals surface area contributed by atoms with Crippen LogP contribution in [0.4, 0.5) is 5.69 Å². The van der Waals surface area contributed by atoms with E-state index in [-0.39, 0.29) is 5.92 Å². The molecule has 6 heteroatoms. The number of hydrogen-bond acceptors (Lipinski definition) is 4. The molecule has 0 N–H and O–H groups in total. The number of para-hydroxylation sites is 2. The molecular formula is C29H39N5O. The first-order valence-corrected chi connectivity index (χ1v) is 13.2. The van der Waals surface area contributed by atoms with Gasteiger partial charge in [-0.25, -0.2) is 4.98 Å². The maximum atomic E-state index is 13.5. The van der Waals surface area contributed by atoms with Crippen molar-refractivity contribution in [2.24, 2.45) is 5.92 Å². The van der Waals surface area contributed by atoms with Gasteiger partial charge in [0.15, 0.2) is 0 Å². The number of rotatable bonds is 5. The monoisotopic (exact) mass is 473 g/mol. The average Bonchev–Trinajstić information content (AvgIpc) is 3.23. The largest absolute Gasteiger partial charge is 0.368 e. The molecule has 3 heterocycles. The molecule has 1 aromatic heterocycles. The van der Waals surface area contributed by atoms with E-state index in [9.17, 15) is 4.79 Å². The number of imidazole rings is 1. The third-order valence-electron chi connectivity index (χ3n) is 7.70. The van der Waals surface area contributed by atoms with Crippen molar-refractivity contribution in [1.29, 1.82) is 0 Å². The number of piperidine rings is 1. The Balaban J connectivity index is 1.22. The maximum Gasteiger partial charge on any atom is 0.227 e. The van der Waals surface area contributed by atoms with Gasteiger partial charge in [-0.2, -0.15) is 0 Å². The van der Waals surface area contributed by atoms with E-state index in [0.29, 0.717) is 11.9 Å². The molecule has 2 fully saturated rings. The Morgan fingerprint density at radius 3 is 2.57 bits per heavy atom. The van der Waals surface area contributed by atoms with E-state index in [2.05, 4.69) is 89.4 Å². The summed E-state index contributed by atoms with van der Waals surface area (Å²) >= 11 is 0. The van der Waals surface area contributed by atoms with Crippen molar-refractivity contribution in [2.75, 3.05) is 44.2 Å². The molecule has 2 saturated heterocycles. The molecule has 186 valence electrons. The van der Waals surface area contributed by atoms with Crippen LogP contribution in [0.3, 0.4) is 0 Å². The number of anilines is 1. The van der Waals surface area contributed by atoms with Crippen LogP contribution in [0.1, 0.15) is 49.7 Å². The Morgan fingerprint density at radius 1 is 1.03 bits per heavy atom. The van der Waals surface area contributed by atoms with Crippen LogP contribution in [0.25, 0.3) is 11.0 Å². The molecule has 5 rings (SSSR count). The lowest BCUT2D eigenvalue weighted by Gasteiger charge is -2.40. The third kappa shape index (κ3) is 4.94. The highest BCUT2D eigenvalue weighted by Crippen LogP contribution is 2.27. The number of benzene rings is 2. The normalized spacial score (nSPS) is 19.6. The number of carbonyl (C=O) groups is 1. The number of fused-ring (bicyclic) bond motifs is 1. The highest BCUT2D eigenvalue weighted by atomic mass is 16.2. The molecule has 2 aromatic carbocycles. The first kappa shape index (κ1) is 23.9. The van der Waals surface area contributed by atoms with E-state index in [1.54, 1.807) is 0 Å². The quantitative estimate of drug-likeness (QED) is 0.534. The van der Waals surface area contributed by atoms with Crippen molar-refractivity contribution in [3.63, 3.8) is 0 Å². The van der Waals surface area contributed by atoms with E-state index in [1.807, 2.05) is 0 Å². The summed E-state index contributed by atoms with van der Waals surface area (Å²) in [5.41, 5.74) is 6.17. The van der Waals surface area contributed by atoms with Crippen LogP contribution in [-0.2, 0) is 11.3 Å². The SMILES string of the molecule is Cc1ccc(C)c(N2CCN(C(=O)[C@H]3CCCN(Cc4nc5ccccc5n4C(C)C)C3)CC2)c1. The first-order chi connectivity index (χ1) is 16.9. The van der Waals surface area contributed by atoms with Gasteiger partial charge in [-0.15, -0.1) is 0 Å². The number of hydrogen-bond donors (Lipinski definition) is 0. The Hall–Kier alpha value is -2.86. The molecule has 0 saturated carbocycles. The van der Waals surface area contributed by atoms with E-state index in [1.165, 1.54) is 22.3 Å². The second-order valence-electron chi connectivity index (χ2n) is 10.7. The van der Waals surface area contributed by atoms with Crippen molar-refractivity contribution in [3.05, 3.63) is 59.4 Å². The van der Waals surface area contributed by atoms with Crippen LogP contribution in [0.5, 0.6) is 0 Å². The molecule has 2 aliphatic rings. The fourth-order valence-corrected chi connectivity index (χ4v) is 5.87. The molecular weight excluding hydrogens is 434 g/mol. The summed E-state index contributed by atoms with van der Waals surface area (Å²) in [4.78, 5) is 25.4. The standard InChI is InChI=1S/C29H39N5O/c1-21(2)34-26-10-6-5-9-25(26)30-28(34)20-31-13-7-8-24(19-31)29(35)33-16-14-32(15-17-33)27-18-22(3)11-12-23(27)4/h5-6,9-12,18,21,24H,7-8,13-17,19-20H2,1-4H3/t24-/m0/s1. The van der Waals surface area contributed by atoms with E-state index in [0.717, 1.165) is 70.0 Å². The molecule has 1 amide bonds. The number of likely N-dealkylation sites (tertiary alicyclic amines) is 1. The van der Waals surface area contributed by atoms with Crippen molar-refractivity contribution >= 4 is 22.6 Å². The van der Waals surface area contributed by atoms with Crippen molar-refractivity contribution < 1.29 is 4.79 Å². The van der Waals surface area contributed by atoms with E-state index >= 15 is 0 Å². The molecule has 0 radical (unpaired) electrons. The Morgan fingerprint density at radius 2 is 1.80 bits per heavy atom. The Bertz CT molecular complexity index is 1190. The number of aromatic nitrogens is 2. The maximum absolute atomic E-state index is 13.5. The van der Waals surface area contributed by atoms with Gasteiger partial charge in [-0.05, 0) is 76.4 Å². The fraction of sp³-hybridized carbons (Fsp3) is 0.517. The molecule has 0 unspecified atom stereocenters. The molecule has 1 atom stereocenters. The lowest BCUT2D eigenvalue weighted by atomic mass is 9.96. The Labute approximate surface area is 209 Å². The van der Waals surface area contributed by atoms with Crippen LogP contribution < -0.4 is 4.90 Å². The highest BCUT2D eigenvalue weighted by molar-refractivity contribution is 5.79. The predicted molar refractivity (Wildman–Crippen MR) is 143 cm³/mol. The predicted octanol–water partition coefficient (Wildman–Crippen LogP) is 4.79. The van der Waals surface area contributed by atoms with Crippen LogP contribution in [-0.4, -0.2) is 64.5 Å². The molecule has 6 nitrogen and oxygen atoms in total. The van der Waals surface area contributed by atoms with Gasteiger partial charge in [0.2, 0.25) is 5.91 Å². The molecule has 0 aliphatic carbocycles. The summed E-state index contributed by atoms with van der Waals surface area (Å²) in [7, 11) is 0. The lowest BCUT2D eigenvalue weighted by molar-refractivity contribution is -0.137. The summed E-state index contributed by atoms with van der Waals surface area (Å²) in [6.45, 7) is 14.9. The van der Waals surface area contributed by atoms with Crippen molar-refractivity contribution in [1.82, 2.24) is 19.4 Å². The molecule has 35 heavy (non-hydrogen) atoms. The van der Waals surface area contributed by atoms with Gasteiger partial charge in [0, 0.05) is 44.5 Å². The smallest absolute Gasteiger partial charge is 0.227 e. The lowest BCUT2D eigenvalue weighted by Crippen LogP contribution is -2.52. The van der Waals surface area contributed by atoms with Crippen LogP contribution in [0.15, 0.2) is 42.5 Å². The van der Waals surface area contributed by atoms with E-state index in [4.69, 9.17) is 4.98 Å². The minimum Gasteiger partial charge on any atom is -0.368 e. The van der Waals surface area contributed by atoms with Gasteiger partial charge in [0.1, 0.15) is 5.82 Å². The highest BCUT2D eigenvalue weighted by Gasteiger charge is 2.32. The van der Waals surface area contributed by atoms with Gasteiger partial charge < -0.3 is 14.4 Å². The summed E-state index contributed by atoms with van der Waals surface area (Å²) in [6, 6.07) is 15.4. The second kappa shape index (κ2) is 10.0. The van der Waals surface area contributed by atoms with Gasteiger partial charge >= 0.3 is 0 Å². The number of carbonyl (C=O) groups excluding carboxylic acids is 1. The second-order valence-corrected chi connectivity index (χ2v) is 10.7. The third-order valence-corrected chi connectivity index (χ3v) is 7.70. The summed E-state index contributed by atoms with van der Waals surface area (Å²) in [6.07, 6.45) is 2.06. The first-order valence-electron chi connectivity index (χ1n) is 13.2. The van der Waals surface area contributed by atoms with Gasteiger partial charge in [0.25, 0.3) is 0 Å². The number of aryl methyl sites for hydroxylation is 2. The summed E-state index contributed by atoms with van der Waals surface area (Å²) in [5.74, 6) is 1.54. The van der Waals surface area contributed by atoms with Gasteiger partial charge in [0.05, 0.1) is 23.5 Å². The number of piperazine rings is 1. The van der Waals surface area contributed by atoms with Gasteiger partial charge in [-0.3, -0.25) is 9.69 Å². The molecule has 3 aromatic rings. The molecule has 0 spiro atoms. The average molecular weight is 474 g/mol. The summed E-state index contributed by atoms with van der Waals surface area (Å²) < 4.78 is 2.35. The molecule has 0 bridgehead atoms. The minimum atomic E-state index is 0.0906. The van der Waals surface area contributed by atoms with Crippen LogP contribution in [0.2, 0.25) is 0 Å². The number of amides is 1. The topological polar surface area (TPSA) is 44.6 Å².